The number of hydrogen-bond acceptors (Lipinski definition) is 3. The first-order valence-electron chi connectivity index (χ1n) is 5.92. The summed E-state index contributed by atoms with van der Waals surface area (Å²) in [7, 11) is 0. The number of ether oxygens (including phenoxy) is 1. The first-order valence-corrected chi connectivity index (χ1v) is 7.83. The van der Waals surface area contributed by atoms with Crippen LogP contribution in [0.3, 0.4) is 0 Å². The van der Waals surface area contributed by atoms with Crippen LogP contribution in [0, 0.1) is 15.9 Å². The van der Waals surface area contributed by atoms with Gasteiger partial charge in [-0.3, -0.25) is 10.1 Å². The van der Waals surface area contributed by atoms with Crippen molar-refractivity contribution < 1.29 is 14.1 Å². The van der Waals surface area contributed by atoms with Crippen molar-refractivity contribution in [3.05, 3.63) is 67.9 Å². The Morgan fingerprint density at radius 3 is 2.67 bits per heavy atom. The molecule has 0 aliphatic carbocycles. The highest BCUT2D eigenvalue weighted by atomic mass is 79.9. The van der Waals surface area contributed by atoms with E-state index in [0.717, 1.165) is 0 Å². The molecule has 110 valence electrons. The Kier molecular flexibility index (Phi) is 5.30. The smallest absolute Gasteiger partial charge is 0.283 e. The summed E-state index contributed by atoms with van der Waals surface area (Å²) in [6.07, 6.45) is 0. The van der Waals surface area contributed by atoms with E-state index in [1.54, 1.807) is 12.1 Å². The second-order valence-corrected chi connectivity index (χ2v) is 5.54. The van der Waals surface area contributed by atoms with Crippen molar-refractivity contribution in [3.8, 4) is 5.75 Å². The van der Waals surface area contributed by atoms with Gasteiger partial charge >= 0.3 is 0 Å². The van der Waals surface area contributed by atoms with Crippen LogP contribution in [0.15, 0.2) is 40.9 Å². The molecule has 0 aliphatic heterocycles. The van der Waals surface area contributed by atoms with Crippen molar-refractivity contribution >= 4 is 37.5 Å². The molecule has 21 heavy (non-hydrogen) atoms. The van der Waals surface area contributed by atoms with Gasteiger partial charge in [-0.2, -0.15) is 0 Å². The summed E-state index contributed by atoms with van der Waals surface area (Å²) in [5.41, 5.74) is 1.31. The Hall–Kier alpha value is -1.47. The maximum atomic E-state index is 13.1. The number of rotatable bonds is 5. The van der Waals surface area contributed by atoms with Crippen LogP contribution >= 0.6 is 31.9 Å². The number of benzene rings is 2. The molecule has 2 rings (SSSR count). The van der Waals surface area contributed by atoms with E-state index in [2.05, 4.69) is 31.9 Å². The Morgan fingerprint density at radius 1 is 1.24 bits per heavy atom. The molecular formula is C14H10Br2FNO3. The van der Waals surface area contributed by atoms with Gasteiger partial charge in [0.25, 0.3) is 5.69 Å². The van der Waals surface area contributed by atoms with Gasteiger partial charge in [-0.1, -0.05) is 28.1 Å². The SMILES string of the molecule is O=[N+]([O-])c1cccc(COc2ccc(F)cc2CBr)c1Br. The van der Waals surface area contributed by atoms with Crippen LogP contribution in [0.1, 0.15) is 11.1 Å². The van der Waals surface area contributed by atoms with Gasteiger partial charge in [-0.15, -0.1) is 0 Å². The molecule has 0 radical (unpaired) electrons. The fourth-order valence-corrected chi connectivity index (χ4v) is 2.73. The van der Waals surface area contributed by atoms with Crippen LogP contribution in [0.4, 0.5) is 10.1 Å². The summed E-state index contributed by atoms with van der Waals surface area (Å²) >= 11 is 6.48. The molecule has 0 unspecified atom stereocenters. The lowest BCUT2D eigenvalue weighted by molar-refractivity contribution is -0.385. The molecule has 0 spiro atoms. The van der Waals surface area contributed by atoms with Crippen molar-refractivity contribution in [1.82, 2.24) is 0 Å². The van der Waals surface area contributed by atoms with E-state index in [1.165, 1.54) is 24.3 Å². The molecule has 0 aromatic heterocycles. The molecule has 0 amide bonds. The van der Waals surface area contributed by atoms with E-state index in [0.29, 0.717) is 26.7 Å². The van der Waals surface area contributed by atoms with Gasteiger partial charge in [-0.25, -0.2) is 4.39 Å². The molecule has 0 N–H and O–H groups in total. The zero-order valence-corrected chi connectivity index (χ0v) is 13.9. The van der Waals surface area contributed by atoms with E-state index in [4.69, 9.17) is 4.74 Å². The largest absolute Gasteiger partial charge is 0.489 e. The summed E-state index contributed by atoms with van der Waals surface area (Å²) < 4.78 is 19.2. The molecule has 0 fully saturated rings. The highest BCUT2D eigenvalue weighted by Gasteiger charge is 2.15. The normalized spacial score (nSPS) is 10.4. The molecule has 7 heteroatoms. The first-order chi connectivity index (χ1) is 10.0. The average molecular weight is 419 g/mol. The quantitative estimate of drug-likeness (QED) is 0.391. The fraction of sp³-hybridized carbons (Fsp3) is 0.143. The van der Waals surface area contributed by atoms with Gasteiger partial charge in [0, 0.05) is 22.5 Å². The highest BCUT2D eigenvalue weighted by molar-refractivity contribution is 9.10. The summed E-state index contributed by atoms with van der Waals surface area (Å²) in [6, 6.07) is 8.97. The predicted molar refractivity (Wildman–Crippen MR) is 84.2 cm³/mol. The van der Waals surface area contributed by atoms with Crippen LogP contribution in [0.25, 0.3) is 0 Å². The molecule has 4 nitrogen and oxygen atoms in total. The van der Waals surface area contributed by atoms with Crippen molar-refractivity contribution in [2.45, 2.75) is 11.9 Å². The second-order valence-electron chi connectivity index (χ2n) is 4.18. The molecule has 0 heterocycles. The third kappa shape index (κ3) is 3.79. The summed E-state index contributed by atoms with van der Waals surface area (Å²) in [5, 5.41) is 11.3. The minimum atomic E-state index is -0.463. The summed E-state index contributed by atoms with van der Waals surface area (Å²) in [4.78, 5) is 10.4. The lowest BCUT2D eigenvalue weighted by Crippen LogP contribution is -2.01. The summed E-state index contributed by atoms with van der Waals surface area (Å²) in [5.74, 6) is 0.194. The standard InChI is InChI=1S/C14H10Br2FNO3/c15-7-10-6-11(17)4-5-13(10)21-8-9-2-1-3-12(14(9)16)18(19)20/h1-6H,7-8H2. The maximum Gasteiger partial charge on any atom is 0.283 e. The number of alkyl halides is 1. The van der Waals surface area contributed by atoms with Gasteiger partial charge < -0.3 is 4.74 Å². The van der Waals surface area contributed by atoms with E-state index in [1.807, 2.05) is 0 Å². The molecular weight excluding hydrogens is 409 g/mol. The molecule has 0 aliphatic rings. The van der Waals surface area contributed by atoms with E-state index >= 15 is 0 Å². The minimum Gasteiger partial charge on any atom is -0.489 e. The Bertz CT molecular complexity index is 679. The highest BCUT2D eigenvalue weighted by Crippen LogP contribution is 2.30. The number of nitro groups is 1. The lowest BCUT2D eigenvalue weighted by Gasteiger charge is -2.11. The van der Waals surface area contributed by atoms with E-state index in [9.17, 15) is 14.5 Å². The van der Waals surface area contributed by atoms with Gasteiger partial charge in [-0.05, 0) is 34.1 Å². The molecule has 2 aromatic rings. The van der Waals surface area contributed by atoms with Crippen molar-refractivity contribution in [2.75, 3.05) is 0 Å². The zero-order chi connectivity index (χ0) is 15.4. The second kappa shape index (κ2) is 7.00. The number of nitrogens with zero attached hydrogens (tertiary/aromatic N) is 1. The van der Waals surface area contributed by atoms with Gasteiger partial charge in [0.15, 0.2) is 0 Å². The van der Waals surface area contributed by atoms with Crippen molar-refractivity contribution in [1.29, 1.82) is 0 Å². The third-order valence-corrected chi connectivity index (χ3v) is 4.32. The zero-order valence-electron chi connectivity index (χ0n) is 10.7. The van der Waals surface area contributed by atoms with Crippen LogP contribution in [-0.2, 0) is 11.9 Å². The summed E-state index contributed by atoms with van der Waals surface area (Å²) in [6.45, 7) is 0.147. The van der Waals surface area contributed by atoms with Gasteiger partial charge in [0.05, 0.1) is 4.92 Å². The Labute approximate surface area is 137 Å². The third-order valence-electron chi connectivity index (χ3n) is 2.80. The average Bonchev–Trinajstić information content (AvgIpc) is 2.46. The van der Waals surface area contributed by atoms with Crippen LogP contribution < -0.4 is 4.74 Å². The van der Waals surface area contributed by atoms with Crippen LogP contribution in [-0.4, -0.2) is 4.92 Å². The minimum absolute atomic E-state index is 0.0177. The van der Waals surface area contributed by atoms with Crippen LogP contribution in [0.2, 0.25) is 0 Å². The van der Waals surface area contributed by atoms with E-state index in [-0.39, 0.29) is 18.1 Å². The topological polar surface area (TPSA) is 52.4 Å². The molecule has 0 saturated carbocycles. The number of halogens is 3. The van der Waals surface area contributed by atoms with Crippen LogP contribution in [0.5, 0.6) is 5.75 Å². The van der Waals surface area contributed by atoms with Gasteiger partial charge in [0.1, 0.15) is 22.6 Å². The van der Waals surface area contributed by atoms with Gasteiger partial charge in [0.2, 0.25) is 0 Å². The number of hydrogen-bond donors (Lipinski definition) is 0. The fourth-order valence-electron chi connectivity index (χ4n) is 1.77. The molecule has 0 bridgehead atoms. The Balaban J connectivity index is 2.21. The van der Waals surface area contributed by atoms with E-state index < -0.39 is 4.92 Å². The number of nitro benzene ring substituents is 1. The lowest BCUT2D eigenvalue weighted by atomic mass is 10.2. The maximum absolute atomic E-state index is 13.1. The van der Waals surface area contributed by atoms with Crippen molar-refractivity contribution in [2.24, 2.45) is 0 Å². The monoisotopic (exact) mass is 417 g/mol. The predicted octanol–water partition coefficient (Wildman–Crippen LogP) is 4.97. The molecule has 0 saturated heterocycles. The molecule has 0 atom stereocenters. The Morgan fingerprint density at radius 2 is 2.00 bits per heavy atom. The molecule has 2 aromatic carbocycles. The van der Waals surface area contributed by atoms with Crippen molar-refractivity contribution in [3.63, 3.8) is 0 Å². The first kappa shape index (κ1) is 15.9.